The van der Waals surface area contributed by atoms with Crippen molar-refractivity contribution < 1.29 is 0 Å². The van der Waals surface area contributed by atoms with Gasteiger partial charge in [0, 0.05) is 11.1 Å². The van der Waals surface area contributed by atoms with Crippen LogP contribution in [0.15, 0.2) is 24.3 Å². The number of nitrogens with zero attached hydrogens (tertiary/aromatic N) is 1. The van der Waals surface area contributed by atoms with Crippen LogP contribution in [-0.4, -0.2) is 4.98 Å². The van der Waals surface area contributed by atoms with Crippen LogP contribution in [0.3, 0.4) is 0 Å². The van der Waals surface area contributed by atoms with Gasteiger partial charge in [0.25, 0.3) is 0 Å². The first-order valence-electron chi connectivity index (χ1n) is 7.62. The smallest absolute Gasteiger partial charge is 0.0705 e. The van der Waals surface area contributed by atoms with E-state index in [4.69, 9.17) is 4.98 Å². The van der Waals surface area contributed by atoms with Gasteiger partial charge in [0.05, 0.1) is 5.52 Å². The molecule has 0 spiro atoms. The van der Waals surface area contributed by atoms with Crippen molar-refractivity contribution in [2.45, 2.75) is 59.3 Å². The predicted molar refractivity (Wildman–Crippen MR) is 83.8 cm³/mol. The highest BCUT2D eigenvalue weighted by molar-refractivity contribution is 5.80. The molecule has 1 nitrogen and oxygen atoms in total. The average molecular weight is 255 g/mol. The highest BCUT2D eigenvalue weighted by Gasteiger charge is 2.08. The van der Waals surface area contributed by atoms with Crippen LogP contribution in [0.25, 0.3) is 10.9 Å². The zero-order chi connectivity index (χ0) is 13.8. The fourth-order valence-electron chi connectivity index (χ4n) is 2.58. The first-order valence-corrected chi connectivity index (χ1v) is 7.62. The van der Waals surface area contributed by atoms with Gasteiger partial charge < -0.3 is 0 Å². The Bertz CT molecular complexity index is 557. The van der Waals surface area contributed by atoms with Gasteiger partial charge in [-0.2, -0.15) is 0 Å². The van der Waals surface area contributed by atoms with Crippen molar-refractivity contribution in [2.75, 3.05) is 0 Å². The van der Waals surface area contributed by atoms with Crippen molar-refractivity contribution in [2.24, 2.45) is 0 Å². The minimum absolute atomic E-state index is 0.629. The van der Waals surface area contributed by atoms with E-state index in [0.717, 1.165) is 24.8 Å². The van der Waals surface area contributed by atoms with E-state index < -0.39 is 0 Å². The van der Waals surface area contributed by atoms with Crippen LogP contribution >= 0.6 is 0 Å². The van der Waals surface area contributed by atoms with Crippen molar-refractivity contribution in [3.63, 3.8) is 0 Å². The van der Waals surface area contributed by atoms with Gasteiger partial charge in [-0.15, -0.1) is 0 Å². The van der Waals surface area contributed by atoms with E-state index >= 15 is 0 Å². The first kappa shape index (κ1) is 14.0. The number of rotatable bonds is 5. The van der Waals surface area contributed by atoms with Gasteiger partial charge in [-0.05, 0) is 54.5 Å². The molecule has 0 radical (unpaired) electrons. The molecule has 0 amide bonds. The molecule has 0 saturated heterocycles. The number of benzene rings is 1. The SMILES string of the molecule is CCCc1nc2ccc(C(C)CC)cc2cc1CC. The number of aromatic nitrogens is 1. The molecular formula is C18H25N. The molecule has 19 heavy (non-hydrogen) atoms. The van der Waals surface area contributed by atoms with Crippen molar-refractivity contribution in [3.8, 4) is 0 Å². The molecule has 0 fully saturated rings. The lowest BCUT2D eigenvalue weighted by Crippen LogP contribution is -1.98. The van der Waals surface area contributed by atoms with Crippen LogP contribution in [0.1, 0.15) is 63.3 Å². The number of pyridine rings is 1. The van der Waals surface area contributed by atoms with Crippen LogP contribution < -0.4 is 0 Å². The van der Waals surface area contributed by atoms with Gasteiger partial charge in [-0.25, -0.2) is 0 Å². The van der Waals surface area contributed by atoms with Crippen molar-refractivity contribution in [1.82, 2.24) is 4.98 Å². The van der Waals surface area contributed by atoms with Gasteiger partial charge in [0.1, 0.15) is 0 Å². The van der Waals surface area contributed by atoms with Gasteiger partial charge in [-0.1, -0.05) is 40.2 Å². The maximum absolute atomic E-state index is 4.86. The summed E-state index contributed by atoms with van der Waals surface area (Å²) in [5.41, 5.74) is 5.28. The van der Waals surface area contributed by atoms with Crippen LogP contribution in [0, 0.1) is 0 Å². The summed E-state index contributed by atoms with van der Waals surface area (Å²) in [6, 6.07) is 9.10. The summed E-state index contributed by atoms with van der Waals surface area (Å²) in [5.74, 6) is 0.629. The first-order chi connectivity index (χ1) is 9.19. The van der Waals surface area contributed by atoms with Gasteiger partial charge in [-0.3, -0.25) is 4.98 Å². The maximum Gasteiger partial charge on any atom is 0.0705 e. The molecule has 102 valence electrons. The lowest BCUT2D eigenvalue weighted by molar-refractivity contribution is 0.734. The summed E-state index contributed by atoms with van der Waals surface area (Å²) in [5, 5.41) is 1.30. The molecule has 1 aromatic carbocycles. The highest BCUT2D eigenvalue weighted by atomic mass is 14.7. The lowest BCUT2D eigenvalue weighted by atomic mass is 9.96. The molecular weight excluding hydrogens is 230 g/mol. The standard InChI is InChI=1S/C18H25N/c1-5-8-17-14(7-3)11-16-12-15(13(4)6-2)9-10-18(16)19-17/h9-13H,5-8H2,1-4H3. The van der Waals surface area contributed by atoms with E-state index in [1.54, 1.807) is 0 Å². The third kappa shape index (κ3) is 2.97. The molecule has 0 aliphatic carbocycles. The van der Waals surface area contributed by atoms with Crippen LogP contribution in [0.5, 0.6) is 0 Å². The Morgan fingerprint density at radius 1 is 1.11 bits per heavy atom. The molecule has 0 bridgehead atoms. The number of fused-ring (bicyclic) bond motifs is 1. The zero-order valence-corrected chi connectivity index (χ0v) is 12.7. The molecule has 1 unspecified atom stereocenters. The van der Waals surface area contributed by atoms with E-state index in [0.29, 0.717) is 5.92 Å². The lowest BCUT2D eigenvalue weighted by Gasteiger charge is -2.12. The highest BCUT2D eigenvalue weighted by Crippen LogP contribution is 2.25. The second-order valence-corrected chi connectivity index (χ2v) is 5.46. The van der Waals surface area contributed by atoms with Gasteiger partial charge in [0.2, 0.25) is 0 Å². The molecule has 1 heterocycles. The molecule has 1 aromatic heterocycles. The summed E-state index contributed by atoms with van der Waals surface area (Å²) in [6.07, 6.45) is 4.52. The third-order valence-corrected chi connectivity index (χ3v) is 4.06. The van der Waals surface area contributed by atoms with Crippen molar-refractivity contribution in [3.05, 3.63) is 41.1 Å². The van der Waals surface area contributed by atoms with E-state index in [1.165, 1.54) is 28.6 Å². The summed E-state index contributed by atoms with van der Waals surface area (Å²) in [6.45, 7) is 8.98. The monoisotopic (exact) mass is 255 g/mol. The normalized spacial score (nSPS) is 12.8. The van der Waals surface area contributed by atoms with Gasteiger partial charge >= 0.3 is 0 Å². The van der Waals surface area contributed by atoms with Crippen LogP contribution in [-0.2, 0) is 12.8 Å². The number of aryl methyl sites for hydroxylation is 2. The Balaban J connectivity index is 2.51. The molecule has 0 aliphatic heterocycles. The summed E-state index contributed by atoms with van der Waals surface area (Å²) < 4.78 is 0. The molecule has 0 N–H and O–H groups in total. The fraction of sp³-hybridized carbons (Fsp3) is 0.500. The Morgan fingerprint density at radius 3 is 2.53 bits per heavy atom. The van der Waals surface area contributed by atoms with E-state index in [-0.39, 0.29) is 0 Å². The second-order valence-electron chi connectivity index (χ2n) is 5.46. The maximum atomic E-state index is 4.86. The minimum Gasteiger partial charge on any atom is -0.253 e. The summed E-state index contributed by atoms with van der Waals surface area (Å²) >= 11 is 0. The fourth-order valence-corrected chi connectivity index (χ4v) is 2.58. The van der Waals surface area contributed by atoms with E-state index in [9.17, 15) is 0 Å². The van der Waals surface area contributed by atoms with Crippen molar-refractivity contribution in [1.29, 1.82) is 0 Å². The van der Waals surface area contributed by atoms with Crippen molar-refractivity contribution >= 4 is 10.9 Å². The summed E-state index contributed by atoms with van der Waals surface area (Å²) in [4.78, 5) is 4.86. The van der Waals surface area contributed by atoms with Gasteiger partial charge in [0.15, 0.2) is 0 Å². The molecule has 1 heteroatoms. The van der Waals surface area contributed by atoms with E-state index in [2.05, 4.69) is 52.0 Å². The molecule has 0 saturated carbocycles. The largest absolute Gasteiger partial charge is 0.253 e. The predicted octanol–water partition coefficient (Wildman–Crippen LogP) is 5.26. The quantitative estimate of drug-likeness (QED) is 0.710. The molecule has 0 aliphatic rings. The Labute approximate surface area is 117 Å². The zero-order valence-electron chi connectivity index (χ0n) is 12.7. The molecule has 2 aromatic rings. The molecule has 1 atom stereocenters. The van der Waals surface area contributed by atoms with E-state index in [1.807, 2.05) is 0 Å². The average Bonchev–Trinajstić information content (AvgIpc) is 2.45. The third-order valence-electron chi connectivity index (χ3n) is 4.06. The topological polar surface area (TPSA) is 12.9 Å². The molecule has 2 rings (SSSR count). The Hall–Kier alpha value is -1.37. The van der Waals surface area contributed by atoms with Crippen LogP contribution in [0.4, 0.5) is 0 Å². The second kappa shape index (κ2) is 6.18. The number of hydrogen-bond donors (Lipinski definition) is 0. The number of hydrogen-bond acceptors (Lipinski definition) is 1. The Kier molecular flexibility index (Phi) is 4.57. The van der Waals surface area contributed by atoms with Crippen LogP contribution in [0.2, 0.25) is 0 Å². The Morgan fingerprint density at radius 2 is 1.89 bits per heavy atom. The minimum atomic E-state index is 0.629. The summed E-state index contributed by atoms with van der Waals surface area (Å²) in [7, 11) is 0.